The summed E-state index contributed by atoms with van der Waals surface area (Å²) < 4.78 is 11.0. The lowest BCUT2D eigenvalue weighted by molar-refractivity contribution is -0.384. The molecule has 0 aromatic heterocycles. The van der Waals surface area contributed by atoms with Gasteiger partial charge in [0.05, 0.1) is 12.0 Å². The molecule has 1 saturated heterocycles. The quantitative estimate of drug-likeness (QED) is 0.554. The summed E-state index contributed by atoms with van der Waals surface area (Å²) in [6.07, 6.45) is 1.44. The summed E-state index contributed by atoms with van der Waals surface area (Å²) in [5.74, 6) is 1.93. The van der Waals surface area contributed by atoms with E-state index < -0.39 is 11.0 Å². The minimum atomic E-state index is -0.613. The third-order valence-corrected chi connectivity index (χ3v) is 5.13. The molecule has 0 radical (unpaired) electrons. The van der Waals surface area contributed by atoms with Gasteiger partial charge in [-0.3, -0.25) is 10.1 Å². The highest BCUT2D eigenvalue weighted by molar-refractivity contribution is 5.37. The Kier molecular flexibility index (Phi) is 6.84. The average molecular weight is 386 g/mol. The van der Waals surface area contributed by atoms with E-state index in [4.69, 9.17) is 9.47 Å². The Hall–Kier alpha value is -2.64. The predicted molar refractivity (Wildman–Crippen MR) is 106 cm³/mol. The van der Waals surface area contributed by atoms with Crippen LogP contribution in [0.5, 0.6) is 11.5 Å². The molecule has 0 saturated carbocycles. The van der Waals surface area contributed by atoms with Gasteiger partial charge in [-0.15, -0.1) is 0 Å². The maximum atomic E-state index is 10.7. The van der Waals surface area contributed by atoms with Crippen molar-refractivity contribution < 1.29 is 19.5 Å². The van der Waals surface area contributed by atoms with Gasteiger partial charge in [-0.2, -0.15) is 0 Å². The van der Waals surface area contributed by atoms with Crippen molar-refractivity contribution in [2.75, 3.05) is 33.4 Å². The first-order valence-corrected chi connectivity index (χ1v) is 9.47. The molecule has 0 bridgehead atoms. The van der Waals surface area contributed by atoms with E-state index in [1.165, 1.54) is 17.7 Å². The van der Waals surface area contributed by atoms with E-state index >= 15 is 0 Å². The number of methoxy groups -OCH3 is 1. The van der Waals surface area contributed by atoms with Gasteiger partial charge in [0, 0.05) is 18.7 Å². The van der Waals surface area contributed by atoms with Gasteiger partial charge in [-0.1, -0.05) is 18.2 Å². The van der Waals surface area contributed by atoms with Crippen molar-refractivity contribution in [2.24, 2.45) is 0 Å². The van der Waals surface area contributed by atoms with Crippen LogP contribution in [0.25, 0.3) is 0 Å². The molecule has 0 spiro atoms. The van der Waals surface area contributed by atoms with Crippen LogP contribution in [0, 0.1) is 10.1 Å². The molecule has 28 heavy (non-hydrogen) atoms. The van der Waals surface area contributed by atoms with Gasteiger partial charge in [-0.05, 0) is 55.6 Å². The third-order valence-electron chi connectivity index (χ3n) is 5.13. The Bertz CT molecular complexity index is 773. The molecule has 1 N–H and O–H groups in total. The lowest BCUT2D eigenvalue weighted by atomic mass is 9.88. The summed E-state index contributed by atoms with van der Waals surface area (Å²) in [6, 6.07) is 14.0. The van der Waals surface area contributed by atoms with E-state index in [9.17, 15) is 15.2 Å². The Morgan fingerprint density at radius 2 is 1.86 bits per heavy atom. The van der Waals surface area contributed by atoms with Crippen LogP contribution in [0.1, 0.15) is 24.3 Å². The zero-order valence-electron chi connectivity index (χ0n) is 16.0. The van der Waals surface area contributed by atoms with E-state index in [-0.39, 0.29) is 12.3 Å². The van der Waals surface area contributed by atoms with Crippen LogP contribution in [0.4, 0.5) is 5.69 Å². The molecule has 7 heteroatoms. The smallest absolute Gasteiger partial charge is 0.269 e. The van der Waals surface area contributed by atoms with E-state index in [0.717, 1.165) is 31.7 Å². The molecule has 1 fully saturated rings. The fraction of sp³-hybridized carbons (Fsp3) is 0.429. The molecule has 1 aliphatic heterocycles. The van der Waals surface area contributed by atoms with Gasteiger partial charge in [-0.25, -0.2) is 0 Å². The Morgan fingerprint density at radius 1 is 1.18 bits per heavy atom. The number of hydrogen-bond acceptors (Lipinski definition) is 6. The molecule has 2 aromatic rings. The first-order valence-electron chi connectivity index (χ1n) is 9.47. The summed E-state index contributed by atoms with van der Waals surface area (Å²) in [5, 5.41) is 20.9. The Morgan fingerprint density at radius 3 is 2.50 bits per heavy atom. The van der Waals surface area contributed by atoms with Crippen molar-refractivity contribution in [3.63, 3.8) is 0 Å². The minimum Gasteiger partial charge on any atom is -0.496 e. The first kappa shape index (κ1) is 20.1. The molecule has 2 aromatic carbocycles. The minimum absolute atomic E-state index is 0.0193. The number of para-hydroxylation sites is 1. The van der Waals surface area contributed by atoms with Crippen LogP contribution >= 0.6 is 0 Å². The number of rotatable bonds is 8. The van der Waals surface area contributed by atoms with Crippen molar-refractivity contribution in [1.82, 2.24) is 4.90 Å². The second-order valence-electron chi connectivity index (χ2n) is 7.03. The number of hydrogen-bond donors (Lipinski definition) is 1. The fourth-order valence-corrected chi connectivity index (χ4v) is 3.64. The number of β-amino-alcohol motifs (C(OH)–C–C–N with tert-alkyl or cyclic N) is 1. The number of ether oxygens (including phenoxy) is 2. The molecule has 0 amide bonds. The summed E-state index contributed by atoms with van der Waals surface area (Å²) in [4.78, 5) is 12.5. The number of nitro groups is 1. The highest BCUT2D eigenvalue weighted by Gasteiger charge is 2.24. The zero-order chi connectivity index (χ0) is 19.9. The Labute approximate surface area is 164 Å². The SMILES string of the molecule is COc1ccccc1C1CCN(CC(O)COc2ccc([N+](=O)[O-])cc2)CC1. The van der Waals surface area contributed by atoms with Crippen LogP contribution < -0.4 is 9.47 Å². The highest BCUT2D eigenvalue weighted by Crippen LogP contribution is 2.34. The number of benzene rings is 2. The van der Waals surface area contributed by atoms with Gasteiger partial charge in [0.2, 0.25) is 0 Å². The van der Waals surface area contributed by atoms with Gasteiger partial charge < -0.3 is 19.5 Å². The predicted octanol–water partition coefficient (Wildman–Crippen LogP) is 3.22. The lowest BCUT2D eigenvalue weighted by Gasteiger charge is -2.33. The van der Waals surface area contributed by atoms with Gasteiger partial charge >= 0.3 is 0 Å². The van der Waals surface area contributed by atoms with Crippen LogP contribution in [0.2, 0.25) is 0 Å². The van der Waals surface area contributed by atoms with E-state index in [0.29, 0.717) is 18.2 Å². The van der Waals surface area contributed by atoms with Gasteiger partial charge in [0.15, 0.2) is 0 Å². The highest BCUT2D eigenvalue weighted by atomic mass is 16.6. The summed E-state index contributed by atoms with van der Waals surface area (Å²) in [5.41, 5.74) is 1.28. The van der Waals surface area contributed by atoms with Crippen molar-refractivity contribution in [3.8, 4) is 11.5 Å². The van der Waals surface area contributed by atoms with E-state index in [1.807, 2.05) is 18.2 Å². The summed E-state index contributed by atoms with van der Waals surface area (Å²) >= 11 is 0. The molecule has 0 aliphatic carbocycles. The molecular weight excluding hydrogens is 360 g/mol. The molecule has 1 unspecified atom stereocenters. The largest absolute Gasteiger partial charge is 0.496 e. The maximum absolute atomic E-state index is 10.7. The number of nitro benzene ring substituents is 1. The normalized spacial score (nSPS) is 16.5. The van der Waals surface area contributed by atoms with Crippen molar-refractivity contribution in [2.45, 2.75) is 24.9 Å². The first-order chi connectivity index (χ1) is 13.6. The van der Waals surface area contributed by atoms with Crippen LogP contribution in [0.15, 0.2) is 48.5 Å². The molecule has 150 valence electrons. The lowest BCUT2D eigenvalue weighted by Crippen LogP contribution is -2.40. The van der Waals surface area contributed by atoms with Crippen molar-refractivity contribution in [3.05, 3.63) is 64.2 Å². The van der Waals surface area contributed by atoms with Crippen LogP contribution in [0.3, 0.4) is 0 Å². The summed E-state index contributed by atoms with van der Waals surface area (Å²) in [6.45, 7) is 2.53. The zero-order valence-corrected chi connectivity index (χ0v) is 16.0. The van der Waals surface area contributed by atoms with Crippen LogP contribution in [-0.2, 0) is 0 Å². The molecule has 7 nitrogen and oxygen atoms in total. The second-order valence-corrected chi connectivity index (χ2v) is 7.03. The molecule has 3 rings (SSSR count). The molecule has 1 atom stereocenters. The number of aliphatic hydroxyl groups is 1. The average Bonchev–Trinajstić information content (AvgIpc) is 2.73. The van der Waals surface area contributed by atoms with Crippen molar-refractivity contribution >= 4 is 5.69 Å². The second kappa shape index (κ2) is 9.52. The third kappa shape index (κ3) is 5.21. The fourth-order valence-electron chi connectivity index (χ4n) is 3.64. The topological polar surface area (TPSA) is 85.1 Å². The molecule has 1 aliphatic rings. The van der Waals surface area contributed by atoms with Crippen molar-refractivity contribution in [1.29, 1.82) is 0 Å². The Balaban J connectivity index is 1.43. The standard InChI is InChI=1S/C21H26N2O5/c1-27-21-5-3-2-4-20(21)16-10-12-22(13-11-16)14-18(24)15-28-19-8-6-17(7-9-19)23(25)26/h2-9,16,18,24H,10-15H2,1H3. The van der Waals surface area contributed by atoms with Crippen LogP contribution in [-0.4, -0.2) is 54.4 Å². The monoisotopic (exact) mass is 386 g/mol. The van der Waals surface area contributed by atoms with Gasteiger partial charge in [0.25, 0.3) is 5.69 Å². The van der Waals surface area contributed by atoms with E-state index in [2.05, 4.69) is 11.0 Å². The maximum Gasteiger partial charge on any atom is 0.269 e. The molecular formula is C21H26N2O5. The number of non-ortho nitro benzene ring substituents is 1. The number of piperidine rings is 1. The number of likely N-dealkylation sites (tertiary alicyclic amines) is 1. The van der Waals surface area contributed by atoms with E-state index in [1.54, 1.807) is 19.2 Å². The van der Waals surface area contributed by atoms with Gasteiger partial charge in [0.1, 0.15) is 24.2 Å². The number of aliphatic hydroxyl groups excluding tert-OH is 1. The summed E-state index contributed by atoms with van der Waals surface area (Å²) in [7, 11) is 1.70. The number of nitrogens with zero attached hydrogens (tertiary/aromatic N) is 2. The molecule has 1 heterocycles.